The first kappa shape index (κ1) is 14.1. The van der Waals surface area contributed by atoms with Crippen molar-refractivity contribution in [3.05, 3.63) is 65.5 Å². The van der Waals surface area contributed by atoms with Crippen LogP contribution < -0.4 is 10.1 Å². The predicted octanol–water partition coefficient (Wildman–Crippen LogP) is 4.04. The van der Waals surface area contributed by atoms with Crippen LogP contribution in [-0.2, 0) is 0 Å². The molecule has 3 heteroatoms. The number of likely N-dealkylation sites (N-methyl/N-ethyl adjacent to an activating group) is 1. The molecule has 0 aliphatic carbocycles. The van der Waals surface area contributed by atoms with Gasteiger partial charge in [-0.3, -0.25) is 0 Å². The molecule has 0 saturated carbocycles. The molecule has 0 aromatic heterocycles. The normalized spacial score (nSPS) is 18.7. The maximum Gasteiger partial charge on any atom is 0.128 e. The fraction of sp³-hybridized carbons (Fsp3) is 0.333. The van der Waals surface area contributed by atoms with Gasteiger partial charge in [-0.2, -0.15) is 0 Å². The largest absolute Gasteiger partial charge is 0.493 e. The number of ether oxygens (including phenoxy) is 1. The zero-order chi connectivity index (χ0) is 14.7. The van der Waals surface area contributed by atoms with Crippen LogP contribution in [0.5, 0.6) is 5.75 Å². The van der Waals surface area contributed by atoms with E-state index in [-0.39, 0.29) is 17.8 Å². The molecule has 0 radical (unpaired) electrons. The lowest BCUT2D eigenvalue weighted by molar-refractivity contribution is 0.245. The number of hydrogen-bond acceptors (Lipinski definition) is 2. The van der Waals surface area contributed by atoms with E-state index in [1.807, 2.05) is 30.3 Å². The van der Waals surface area contributed by atoms with E-state index in [2.05, 4.69) is 18.3 Å². The molecular formula is C18H20FNO. The molecule has 2 aromatic carbocycles. The van der Waals surface area contributed by atoms with E-state index in [0.29, 0.717) is 6.61 Å². The molecule has 0 bridgehead atoms. The summed E-state index contributed by atoms with van der Waals surface area (Å²) in [6.45, 7) is 3.54. The van der Waals surface area contributed by atoms with Crippen LogP contribution in [0.15, 0.2) is 48.5 Å². The van der Waals surface area contributed by atoms with Crippen LogP contribution in [-0.4, -0.2) is 13.2 Å². The van der Waals surface area contributed by atoms with E-state index < -0.39 is 0 Å². The Morgan fingerprint density at radius 1 is 1.19 bits per heavy atom. The molecule has 2 aromatic rings. The second-order valence-corrected chi connectivity index (χ2v) is 5.34. The second kappa shape index (κ2) is 6.27. The SMILES string of the molecule is CCNC(c1ccccc1F)C1CCOc2ccccc21. The minimum atomic E-state index is -0.146. The summed E-state index contributed by atoms with van der Waals surface area (Å²) >= 11 is 0. The molecule has 0 saturated heterocycles. The summed E-state index contributed by atoms with van der Waals surface area (Å²) in [7, 11) is 0. The van der Waals surface area contributed by atoms with Gasteiger partial charge < -0.3 is 10.1 Å². The van der Waals surface area contributed by atoms with Gasteiger partial charge in [0, 0.05) is 17.5 Å². The van der Waals surface area contributed by atoms with Crippen molar-refractivity contribution in [2.45, 2.75) is 25.3 Å². The minimum Gasteiger partial charge on any atom is -0.493 e. The third-order valence-corrected chi connectivity index (χ3v) is 4.07. The number of benzene rings is 2. The lowest BCUT2D eigenvalue weighted by Gasteiger charge is -2.33. The molecular weight excluding hydrogens is 265 g/mol. The van der Waals surface area contributed by atoms with Crippen LogP contribution in [0.2, 0.25) is 0 Å². The Bertz CT molecular complexity index is 614. The van der Waals surface area contributed by atoms with Crippen molar-refractivity contribution in [3.63, 3.8) is 0 Å². The topological polar surface area (TPSA) is 21.3 Å². The molecule has 1 aliphatic heterocycles. The number of nitrogens with one attached hydrogen (secondary N) is 1. The zero-order valence-electron chi connectivity index (χ0n) is 12.2. The first-order valence-electron chi connectivity index (χ1n) is 7.50. The molecule has 1 heterocycles. The average Bonchev–Trinajstić information content (AvgIpc) is 2.53. The maximum absolute atomic E-state index is 14.2. The Kier molecular flexibility index (Phi) is 4.20. The van der Waals surface area contributed by atoms with Crippen molar-refractivity contribution < 1.29 is 9.13 Å². The Morgan fingerprint density at radius 2 is 1.95 bits per heavy atom. The molecule has 110 valence electrons. The molecule has 2 unspecified atom stereocenters. The molecule has 1 N–H and O–H groups in total. The molecule has 2 atom stereocenters. The van der Waals surface area contributed by atoms with E-state index in [9.17, 15) is 4.39 Å². The molecule has 1 aliphatic rings. The summed E-state index contributed by atoms with van der Waals surface area (Å²) in [5, 5.41) is 3.45. The summed E-state index contributed by atoms with van der Waals surface area (Å²) in [6.07, 6.45) is 0.892. The Morgan fingerprint density at radius 3 is 2.76 bits per heavy atom. The average molecular weight is 285 g/mol. The molecule has 0 amide bonds. The lowest BCUT2D eigenvalue weighted by Crippen LogP contribution is -2.31. The van der Waals surface area contributed by atoms with E-state index in [0.717, 1.165) is 29.8 Å². The summed E-state index contributed by atoms with van der Waals surface area (Å²) in [4.78, 5) is 0. The molecule has 0 fully saturated rings. The highest BCUT2D eigenvalue weighted by molar-refractivity contribution is 5.40. The Hall–Kier alpha value is -1.87. The molecule has 0 spiro atoms. The van der Waals surface area contributed by atoms with Crippen molar-refractivity contribution in [1.82, 2.24) is 5.32 Å². The number of para-hydroxylation sites is 1. The van der Waals surface area contributed by atoms with Gasteiger partial charge in [0.2, 0.25) is 0 Å². The standard InChI is InChI=1S/C18H20FNO/c1-2-20-18(15-8-3-5-9-16(15)19)14-11-12-21-17-10-6-4-7-13(14)17/h3-10,14,18,20H,2,11-12H2,1H3. The maximum atomic E-state index is 14.2. The summed E-state index contributed by atoms with van der Waals surface area (Å²) < 4.78 is 19.9. The van der Waals surface area contributed by atoms with Gasteiger partial charge in [-0.25, -0.2) is 4.39 Å². The van der Waals surface area contributed by atoms with Crippen LogP contribution in [0.3, 0.4) is 0 Å². The van der Waals surface area contributed by atoms with Gasteiger partial charge in [0.1, 0.15) is 11.6 Å². The zero-order valence-corrected chi connectivity index (χ0v) is 12.2. The minimum absolute atomic E-state index is 0.0266. The van der Waals surface area contributed by atoms with Crippen LogP contribution in [0.25, 0.3) is 0 Å². The van der Waals surface area contributed by atoms with Crippen LogP contribution >= 0.6 is 0 Å². The number of fused-ring (bicyclic) bond motifs is 1. The van der Waals surface area contributed by atoms with E-state index in [1.165, 1.54) is 6.07 Å². The van der Waals surface area contributed by atoms with Gasteiger partial charge >= 0.3 is 0 Å². The van der Waals surface area contributed by atoms with Gasteiger partial charge in [-0.05, 0) is 30.7 Å². The number of rotatable bonds is 4. The fourth-order valence-corrected chi connectivity index (χ4v) is 3.13. The Labute approximate surface area is 125 Å². The first-order valence-corrected chi connectivity index (χ1v) is 7.50. The quantitative estimate of drug-likeness (QED) is 0.915. The summed E-state index contributed by atoms with van der Waals surface area (Å²) in [5.41, 5.74) is 1.90. The highest BCUT2D eigenvalue weighted by Gasteiger charge is 2.30. The van der Waals surface area contributed by atoms with Crippen molar-refractivity contribution in [2.75, 3.05) is 13.2 Å². The van der Waals surface area contributed by atoms with Gasteiger partial charge in [0.05, 0.1) is 6.61 Å². The predicted molar refractivity (Wildman–Crippen MR) is 82.1 cm³/mol. The second-order valence-electron chi connectivity index (χ2n) is 5.34. The monoisotopic (exact) mass is 285 g/mol. The third-order valence-electron chi connectivity index (χ3n) is 4.07. The van der Waals surface area contributed by atoms with E-state index >= 15 is 0 Å². The lowest BCUT2D eigenvalue weighted by atomic mass is 9.83. The highest BCUT2D eigenvalue weighted by atomic mass is 19.1. The van der Waals surface area contributed by atoms with Crippen molar-refractivity contribution >= 4 is 0 Å². The smallest absolute Gasteiger partial charge is 0.128 e. The van der Waals surface area contributed by atoms with Crippen LogP contribution in [0.4, 0.5) is 4.39 Å². The van der Waals surface area contributed by atoms with Gasteiger partial charge in [0.25, 0.3) is 0 Å². The van der Waals surface area contributed by atoms with Gasteiger partial charge in [-0.15, -0.1) is 0 Å². The fourth-order valence-electron chi connectivity index (χ4n) is 3.13. The molecule has 21 heavy (non-hydrogen) atoms. The van der Waals surface area contributed by atoms with E-state index in [1.54, 1.807) is 6.07 Å². The third kappa shape index (κ3) is 2.79. The van der Waals surface area contributed by atoms with Crippen LogP contribution in [0, 0.1) is 5.82 Å². The molecule has 3 rings (SSSR count). The first-order chi connectivity index (χ1) is 10.3. The van der Waals surface area contributed by atoms with Crippen molar-refractivity contribution in [3.8, 4) is 5.75 Å². The molecule has 2 nitrogen and oxygen atoms in total. The summed E-state index contributed by atoms with van der Waals surface area (Å²) in [6, 6.07) is 15.1. The van der Waals surface area contributed by atoms with Crippen molar-refractivity contribution in [2.24, 2.45) is 0 Å². The van der Waals surface area contributed by atoms with Gasteiger partial charge in [-0.1, -0.05) is 43.3 Å². The Balaban J connectivity index is 2.01. The highest BCUT2D eigenvalue weighted by Crippen LogP contribution is 2.41. The van der Waals surface area contributed by atoms with Crippen molar-refractivity contribution in [1.29, 1.82) is 0 Å². The van der Waals surface area contributed by atoms with Gasteiger partial charge in [0.15, 0.2) is 0 Å². The summed E-state index contributed by atoms with van der Waals surface area (Å²) in [5.74, 6) is 1.01. The number of halogens is 1. The number of hydrogen-bond donors (Lipinski definition) is 1. The van der Waals surface area contributed by atoms with E-state index in [4.69, 9.17) is 4.74 Å². The van der Waals surface area contributed by atoms with Crippen LogP contribution in [0.1, 0.15) is 36.4 Å².